The summed E-state index contributed by atoms with van der Waals surface area (Å²) in [4.78, 5) is 13.2. The molecule has 1 aromatic rings. The third kappa shape index (κ3) is 3.68. The molecule has 0 spiro atoms. The maximum absolute atomic E-state index is 12.6. The predicted molar refractivity (Wildman–Crippen MR) is 89.8 cm³/mol. The minimum Gasteiger partial charge on any atom is -0.355 e. The fourth-order valence-corrected chi connectivity index (χ4v) is 4.66. The number of aryl methyl sites for hydroxylation is 1. The van der Waals surface area contributed by atoms with Crippen LogP contribution in [0.5, 0.6) is 0 Å². The van der Waals surface area contributed by atoms with Crippen molar-refractivity contribution >= 4 is 21.8 Å². The standard InChI is InChI=1S/C18H24BrNO/c19-15-8-3-5-13(11-15)12-20-18(21)17-10-4-7-14-6-1-2-9-16(14)17/h1-2,6,9,13,15,17H,3-5,7-8,10-12H2,(H,20,21). The average Bonchev–Trinajstić information content (AvgIpc) is 2.52. The number of carbonyl (C=O) groups excluding carboxylic acids is 1. The van der Waals surface area contributed by atoms with E-state index in [2.05, 4.69) is 45.5 Å². The van der Waals surface area contributed by atoms with Crippen LogP contribution in [0.25, 0.3) is 0 Å². The summed E-state index contributed by atoms with van der Waals surface area (Å²) in [5, 5.41) is 3.22. The normalized spacial score (nSPS) is 28.7. The topological polar surface area (TPSA) is 29.1 Å². The van der Waals surface area contributed by atoms with Crippen LogP contribution in [0.3, 0.4) is 0 Å². The monoisotopic (exact) mass is 349 g/mol. The number of alkyl halides is 1. The molecule has 1 N–H and O–H groups in total. The van der Waals surface area contributed by atoms with Gasteiger partial charge in [-0.3, -0.25) is 4.79 Å². The maximum atomic E-state index is 12.6. The van der Waals surface area contributed by atoms with Gasteiger partial charge in [0.05, 0.1) is 5.92 Å². The van der Waals surface area contributed by atoms with Crippen molar-refractivity contribution in [2.45, 2.75) is 55.7 Å². The van der Waals surface area contributed by atoms with E-state index in [-0.39, 0.29) is 11.8 Å². The maximum Gasteiger partial charge on any atom is 0.227 e. The highest BCUT2D eigenvalue weighted by Gasteiger charge is 2.27. The zero-order valence-electron chi connectivity index (χ0n) is 12.5. The van der Waals surface area contributed by atoms with Crippen molar-refractivity contribution < 1.29 is 4.79 Å². The van der Waals surface area contributed by atoms with E-state index in [4.69, 9.17) is 0 Å². The predicted octanol–water partition coefficient (Wildman–Crippen LogP) is 4.18. The molecule has 0 heterocycles. The lowest BCUT2D eigenvalue weighted by molar-refractivity contribution is -0.123. The van der Waals surface area contributed by atoms with Crippen LogP contribution in [0.2, 0.25) is 0 Å². The Morgan fingerprint density at radius 1 is 1.19 bits per heavy atom. The van der Waals surface area contributed by atoms with E-state index in [1.54, 1.807) is 0 Å². The summed E-state index contributed by atoms with van der Waals surface area (Å²) in [5.74, 6) is 0.947. The second-order valence-electron chi connectivity index (χ2n) is 6.52. The summed E-state index contributed by atoms with van der Waals surface area (Å²) in [5.41, 5.74) is 2.62. The van der Waals surface area contributed by atoms with Gasteiger partial charge in [-0.1, -0.05) is 46.6 Å². The molecule has 3 rings (SSSR count). The molecule has 21 heavy (non-hydrogen) atoms. The zero-order valence-corrected chi connectivity index (χ0v) is 14.1. The minimum absolute atomic E-state index is 0.0679. The molecule has 0 aliphatic heterocycles. The molecule has 0 aromatic heterocycles. The summed E-state index contributed by atoms with van der Waals surface area (Å²) in [6.45, 7) is 0.847. The van der Waals surface area contributed by atoms with Gasteiger partial charge in [0.1, 0.15) is 0 Å². The Morgan fingerprint density at radius 2 is 2.05 bits per heavy atom. The number of carbonyl (C=O) groups is 1. The van der Waals surface area contributed by atoms with Gasteiger partial charge in [0.25, 0.3) is 0 Å². The van der Waals surface area contributed by atoms with Crippen LogP contribution in [-0.4, -0.2) is 17.3 Å². The first-order valence-corrected chi connectivity index (χ1v) is 9.15. The van der Waals surface area contributed by atoms with Gasteiger partial charge in [0.15, 0.2) is 0 Å². The average molecular weight is 350 g/mol. The van der Waals surface area contributed by atoms with E-state index >= 15 is 0 Å². The third-order valence-corrected chi connectivity index (χ3v) is 5.80. The number of amides is 1. The fraction of sp³-hybridized carbons (Fsp3) is 0.611. The second kappa shape index (κ2) is 6.95. The molecule has 2 aliphatic rings. The second-order valence-corrected chi connectivity index (χ2v) is 7.81. The Hall–Kier alpha value is -0.830. The number of hydrogen-bond acceptors (Lipinski definition) is 1. The van der Waals surface area contributed by atoms with E-state index in [1.807, 2.05) is 0 Å². The first-order chi connectivity index (χ1) is 10.2. The van der Waals surface area contributed by atoms with Crippen molar-refractivity contribution in [1.82, 2.24) is 5.32 Å². The molecule has 3 heteroatoms. The van der Waals surface area contributed by atoms with Gasteiger partial charge >= 0.3 is 0 Å². The number of rotatable bonds is 3. The number of nitrogens with one attached hydrogen (secondary N) is 1. The molecule has 0 radical (unpaired) electrons. The molecule has 3 atom stereocenters. The molecule has 1 aromatic carbocycles. The minimum atomic E-state index is 0.0679. The SMILES string of the molecule is O=C(NCC1CCCC(Br)C1)C1CCCc2ccccc21. The third-order valence-electron chi connectivity index (χ3n) is 4.97. The van der Waals surface area contributed by atoms with Gasteiger partial charge in [0, 0.05) is 11.4 Å². The van der Waals surface area contributed by atoms with Crippen molar-refractivity contribution in [2.75, 3.05) is 6.54 Å². The first-order valence-electron chi connectivity index (χ1n) is 8.23. The molecular weight excluding hydrogens is 326 g/mol. The van der Waals surface area contributed by atoms with E-state index in [0.717, 1.165) is 25.8 Å². The van der Waals surface area contributed by atoms with Gasteiger partial charge in [-0.15, -0.1) is 0 Å². The Bertz CT molecular complexity index is 502. The highest BCUT2D eigenvalue weighted by atomic mass is 79.9. The van der Waals surface area contributed by atoms with Crippen molar-refractivity contribution in [3.63, 3.8) is 0 Å². The van der Waals surface area contributed by atoms with Crippen molar-refractivity contribution in [1.29, 1.82) is 0 Å². The van der Waals surface area contributed by atoms with E-state index in [9.17, 15) is 4.79 Å². The number of benzene rings is 1. The van der Waals surface area contributed by atoms with Gasteiger partial charge < -0.3 is 5.32 Å². The Morgan fingerprint density at radius 3 is 2.90 bits per heavy atom. The Balaban J connectivity index is 1.59. The molecule has 3 unspecified atom stereocenters. The number of fused-ring (bicyclic) bond motifs is 1. The van der Waals surface area contributed by atoms with Crippen LogP contribution >= 0.6 is 15.9 Å². The van der Waals surface area contributed by atoms with Gasteiger partial charge in [0.2, 0.25) is 5.91 Å². The molecular formula is C18H24BrNO. The molecule has 1 fully saturated rings. The van der Waals surface area contributed by atoms with Crippen LogP contribution in [0.15, 0.2) is 24.3 Å². The van der Waals surface area contributed by atoms with Gasteiger partial charge in [-0.2, -0.15) is 0 Å². The summed E-state index contributed by atoms with van der Waals surface area (Å²) < 4.78 is 0. The van der Waals surface area contributed by atoms with Crippen LogP contribution in [0, 0.1) is 5.92 Å². The molecule has 2 aliphatic carbocycles. The fourth-order valence-electron chi connectivity index (χ4n) is 3.81. The highest BCUT2D eigenvalue weighted by molar-refractivity contribution is 9.09. The van der Waals surface area contributed by atoms with Crippen LogP contribution in [-0.2, 0) is 11.2 Å². The lowest BCUT2D eigenvalue weighted by atomic mass is 9.82. The van der Waals surface area contributed by atoms with E-state index in [0.29, 0.717) is 10.7 Å². The summed E-state index contributed by atoms with van der Waals surface area (Å²) in [6.07, 6.45) is 8.25. The first kappa shape index (κ1) is 15.1. The lowest BCUT2D eigenvalue weighted by Crippen LogP contribution is -2.36. The van der Waals surface area contributed by atoms with Crippen LogP contribution < -0.4 is 5.32 Å². The summed E-state index contributed by atoms with van der Waals surface area (Å²) in [6, 6.07) is 8.44. The molecule has 0 saturated heterocycles. The zero-order chi connectivity index (χ0) is 14.7. The van der Waals surface area contributed by atoms with Crippen molar-refractivity contribution in [2.24, 2.45) is 5.92 Å². The lowest BCUT2D eigenvalue weighted by Gasteiger charge is -2.28. The molecule has 2 nitrogen and oxygen atoms in total. The molecule has 114 valence electrons. The van der Waals surface area contributed by atoms with E-state index < -0.39 is 0 Å². The number of hydrogen-bond donors (Lipinski definition) is 1. The van der Waals surface area contributed by atoms with Gasteiger partial charge in [-0.25, -0.2) is 0 Å². The Kier molecular flexibility index (Phi) is 4.99. The molecule has 0 bridgehead atoms. The van der Waals surface area contributed by atoms with Crippen molar-refractivity contribution in [3.05, 3.63) is 35.4 Å². The van der Waals surface area contributed by atoms with Crippen molar-refractivity contribution in [3.8, 4) is 0 Å². The molecule has 1 amide bonds. The number of halogens is 1. The van der Waals surface area contributed by atoms with E-state index in [1.165, 1.54) is 36.8 Å². The van der Waals surface area contributed by atoms with Crippen LogP contribution in [0.4, 0.5) is 0 Å². The Labute approximate surface area is 135 Å². The quantitative estimate of drug-likeness (QED) is 0.815. The highest BCUT2D eigenvalue weighted by Crippen LogP contribution is 2.32. The summed E-state index contributed by atoms with van der Waals surface area (Å²) >= 11 is 3.72. The van der Waals surface area contributed by atoms with Crippen LogP contribution in [0.1, 0.15) is 55.6 Å². The largest absolute Gasteiger partial charge is 0.355 e. The molecule has 1 saturated carbocycles. The summed E-state index contributed by atoms with van der Waals surface area (Å²) in [7, 11) is 0. The van der Waals surface area contributed by atoms with Gasteiger partial charge in [-0.05, 0) is 55.6 Å². The smallest absolute Gasteiger partial charge is 0.227 e.